The number of nitrogens with zero attached hydrogens (tertiary/aromatic N) is 3. The minimum absolute atomic E-state index is 0.178. The van der Waals surface area contributed by atoms with E-state index in [0.717, 1.165) is 25.8 Å². The Morgan fingerprint density at radius 3 is 2.60 bits per heavy atom. The van der Waals surface area contributed by atoms with Crippen LogP contribution in [0.2, 0.25) is 0 Å². The first kappa shape index (κ1) is 15.9. The third-order valence-electron chi connectivity index (χ3n) is 3.64. The highest BCUT2D eigenvalue weighted by molar-refractivity contribution is 7.19. The topological polar surface area (TPSA) is 67.8 Å². The highest BCUT2D eigenvalue weighted by atomic mass is 32.1. The van der Waals surface area contributed by atoms with Crippen LogP contribution in [0.15, 0.2) is 48.5 Å². The molecule has 0 aliphatic carbocycles. The van der Waals surface area contributed by atoms with E-state index in [-0.39, 0.29) is 5.91 Å². The number of hydrogen-bond donors (Lipinski definition) is 1. The lowest BCUT2D eigenvalue weighted by molar-refractivity contribution is 0.102. The molecule has 2 aromatic carbocycles. The monoisotopic (exact) mass is 366 g/mol. The quantitative estimate of drug-likeness (QED) is 0.585. The molecular formula is C18H14N4OS2. The Kier molecular flexibility index (Phi) is 4.25. The van der Waals surface area contributed by atoms with Gasteiger partial charge in [-0.1, -0.05) is 41.2 Å². The molecule has 0 radical (unpaired) electrons. The number of carbonyl (C=O) groups excluding carboxylic acids is 1. The SMILES string of the molecule is Cc1ccc(C(=O)Nc2nnc(Cc3nc4ccccc4s3)s2)cc1. The number of nitrogens with one attached hydrogen (secondary N) is 1. The van der Waals surface area contributed by atoms with Crippen molar-refractivity contribution >= 4 is 43.9 Å². The Bertz CT molecular complexity index is 1000. The summed E-state index contributed by atoms with van der Waals surface area (Å²) in [5.41, 5.74) is 2.72. The van der Waals surface area contributed by atoms with Crippen molar-refractivity contribution in [1.29, 1.82) is 0 Å². The number of hydrogen-bond acceptors (Lipinski definition) is 6. The normalized spacial score (nSPS) is 10.9. The molecule has 0 aliphatic heterocycles. The van der Waals surface area contributed by atoms with Crippen LogP contribution in [0.25, 0.3) is 10.2 Å². The Labute approximate surface area is 152 Å². The standard InChI is InChI=1S/C18H14N4OS2/c1-11-6-8-12(9-7-11)17(23)20-18-22-21-16(25-18)10-15-19-13-4-2-3-5-14(13)24-15/h2-9H,10H2,1H3,(H,20,22,23). The van der Waals surface area contributed by atoms with Crippen LogP contribution in [0.4, 0.5) is 5.13 Å². The van der Waals surface area contributed by atoms with Crippen molar-refractivity contribution in [2.45, 2.75) is 13.3 Å². The lowest BCUT2D eigenvalue weighted by Crippen LogP contribution is -2.11. The van der Waals surface area contributed by atoms with E-state index in [1.54, 1.807) is 23.5 Å². The molecule has 0 bridgehead atoms. The van der Waals surface area contributed by atoms with Crippen LogP contribution in [0.1, 0.15) is 25.9 Å². The van der Waals surface area contributed by atoms with Crippen LogP contribution in [0, 0.1) is 6.92 Å². The zero-order chi connectivity index (χ0) is 17.2. The molecule has 0 saturated carbocycles. The number of aryl methyl sites for hydroxylation is 1. The van der Waals surface area contributed by atoms with E-state index in [2.05, 4.69) is 26.6 Å². The summed E-state index contributed by atoms with van der Waals surface area (Å²) in [5.74, 6) is -0.178. The van der Waals surface area contributed by atoms with Crippen LogP contribution < -0.4 is 5.32 Å². The lowest BCUT2D eigenvalue weighted by atomic mass is 10.1. The molecule has 5 nitrogen and oxygen atoms in total. The van der Waals surface area contributed by atoms with Gasteiger partial charge in [0.25, 0.3) is 5.91 Å². The maximum atomic E-state index is 12.2. The van der Waals surface area contributed by atoms with Gasteiger partial charge in [0.1, 0.15) is 10.0 Å². The summed E-state index contributed by atoms with van der Waals surface area (Å²) in [7, 11) is 0. The minimum atomic E-state index is -0.178. The summed E-state index contributed by atoms with van der Waals surface area (Å²) in [4.78, 5) is 16.8. The number of anilines is 1. The fourth-order valence-corrected chi connectivity index (χ4v) is 4.18. The molecule has 0 aliphatic rings. The third kappa shape index (κ3) is 3.57. The van der Waals surface area contributed by atoms with E-state index in [0.29, 0.717) is 17.1 Å². The van der Waals surface area contributed by atoms with Gasteiger partial charge < -0.3 is 0 Å². The summed E-state index contributed by atoms with van der Waals surface area (Å²) in [6.45, 7) is 1.99. The number of benzene rings is 2. The average Bonchev–Trinajstić information content (AvgIpc) is 3.21. The highest BCUT2D eigenvalue weighted by Crippen LogP contribution is 2.25. The first-order valence-corrected chi connectivity index (χ1v) is 9.35. The van der Waals surface area contributed by atoms with Crippen molar-refractivity contribution in [1.82, 2.24) is 15.2 Å². The van der Waals surface area contributed by atoms with Gasteiger partial charge in [0.15, 0.2) is 0 Å². The number of rotatable bonds is 4. The van der Waals surface area contributed by atoms with E-state index in [1.165, 1.54) is 11.3 Å². The third-order valence-corrected chi connectivity index (χ3v) is 5.52. The smallest absolute Gasteiger partial charge is 0.257 e. The van der Waals surface area contributed by atoms with Gasteiger partial charge in [0.2, 0.25) is 5.13 Å². The summed E-state index contributed by atoms with van der Waals surface area (Å²) >= 11 is 3.03. The number of fused-ring (bicyclic) bond motifs is 1. The largest absolute Gasteiger partial charge is 0.296 e. The molecule has 4 rings (SSSR count). The highest BCUT2D eigenvalue weighted by Gasteiger charge is 2.12. The van der Waals surface area contributed by atoms with Crippen molar-refractivity contribution in [3.8, 4) is 0 Å². The van der Waals surface area contributed by atoms with Crippen molar-refractivity contribution in [3.63, 3.8) is 0 Å². The molecule has 0 atom stereocenters. The lowest BCUT2D eigenvalue weighted by Gasteiger charge is -2.01. The molecule has 1 amide bonds. The summed E-state index contributed by atoms with van der Waals surface area (Å²) in [6.07, 6.45) is 0.622. The molecule has 25 heavy (non-hydrogen) atoms. The second-order valence-corrected chi connectivity index (χ2v) is 7.75. The zero-order valence-corrected chi connectivity index (χ0v) is 15.0. The second-order valence-electron chi connectivity index (χ2n) is 5.57. The first-order valence-electron chi connectivity index (χ1n) is 7.72. The minimum Gasteiger partial charge on any atom is -0.296 e. The van der Waals surface area contributed by atoms with E-state index in [4.69, 9.17) is 0 Å². The molecule has 2 aromatic heterocycles. The van der Waals surface area contributed by atoms with E-state index in [9.17, 15) is 4.79 Å². The number of carbonyl (C=O) groups is 1. The van der Waals surface area contributed by atoms with Gasteiger partial charge in [-0.15, -0.1) is 21.5 Å². The second kappa shape index (κ2) is 6.70. The Morgan fingerprint density at radius 2 is 1.80 bits per heavy atom. The molecule has 0 unspecified atom stereocenters. The van der Waals surface area contributed by atoms with Crippen LogP contribution in [-0.2, 0) is 6.42 Å². The van der Waals surface area contributed by atoms with E-state index in [1.807, 2.05) is 37.3 Å². The number of amides is 1. The maximum Gasteiger partial charge on any atom is 0.257 e. The summed E-state index contributed by atoms with van der Waals surface area (Å²) in [6, 6.07) is 15.5. The Hall–Kier alpha value is -2.64. The first-order chi connectivity index (χ1) is 12.2. The van der Waals surface area contributed by atoms with Gasteiger partial charge in [-0.3, -0.25) is 10.1 Å². The number of thiazole rings is 1. The van der Waals surface area contributed by atoms with Crippen LogP contribution >= 0.6 is 22.7 Å². The number of aromatic nitrogens is 3. The predicted octanol–water partition coefficient (Wildman–Crippen LogP) is 4.30. The Morgan fingerprint density at radius 1 is 1.00 bits per heavy atom. The molecule has 1 N–H and O–H groups in total. The molecule has 0 spiro atoms. The van der Waals surface area contributed by atoms with Crippen molar-refractivity contribution in [3.05, 3.63) is 69.7 Å². The molecular weight excluding hydrogens is 352 g/mol. The van der Waals surface area contributed by atoms with Crippen LogP contribution in [0.5, 0.6) is 0 Å². The Balaban J connectivity index is 1.46. The summed E-state index contributed by atoms with van der Waals surface area (Å²) < 4.78 is 1.16. The van der Waals surface area contributed by atoms with Gasteiger partial charge in [-0.2, -0.15) is 0 Å². The average molecular weight is 366 g/mol. The summed E-state index contributed by atoms with van der Waals surface area (Å²) in [5, 5.41) is 13.4. The van der Waals surface area contributed by atoms with Gasteiger partial charge in [-0.25, -0.2) is 4.98 Å². The van der Waals surface area contributed by atoms with Crippen LogP contribution in [-0.4, -0.2) is 21.1 Å². The van der Waals surface area contributed by atoms with Gasteiger partial charge in [0.05, 0.1) is 16.6 Å². The molecule has 2 heterocycles. The van der Waals surface area contributed by atoms with Gasteiger partial charge in [-0.05, 0) is 31.2 Å². The molecule has 7 heteroatoms. The van der Waals surface area contributed by atoms with Gasteiger partial charge in [0, 0.05) is 5.56 Å². The fourth-order valence-electron chi connectivity index (χ4n) is 2.37. The fraction of sp³-hybridized carbons (Fsp3) is 0.111. The molecule has 4 aromatic rings. The predicted molar refractivity (Wildman–Crippen MR) is 101 cm³/mol. The number of para-hydroxylation sites is 1. The van der Waals surface area contributed by atoms with E-state index < -0.39 is 0 Å². The van der Waals surface area contributed by atoms with E-state index >= 15 is 0 Å². The maximum absolute atomic E-state index is 12.2. The molecule has 0 fully saturated rings. The van der Waals surface area contributed by atoms with Crippen molar-refractivity contribution in [2.75, 3.05) is 5.32 Å². The van der Waals surface area contributed by atoms with Crippen LogP contribution in [0.3, 0.4) is 0 Å². The molecule has 124 valence electrons. The molecule has 0 saturated heterocycles. The van der Waals surface area contributed by atoms with Crippen molar-refractivity contribution < 1.29 is 4.79 Å². The van der Waals surface area contributed by atoms with Crippen molar-refractivity contribution in [2.24, 2.45) is 0 Å². The van der Waals surface area contributed by atoms with Gasteiger partial charge >= 0.3 is 0 Å². The zero-order valence-electron chi connectivity index (χ0n) is 13.4.